The molecule has 0 aliphatic rings. The summed E-state index contributed by atoms with van der Waals surface area (Å²) in [7, 11) is 1.95. The van der Waals surface area contributed by atoms with Crippen LogP contribution < -0.4 is 10.6 Å². The van der Waals surface area contributed by atoms with Crippen LogP contribution in [0.2, 0.25) is 0 Å². The summed E-state index contributed by atoms with van der Waals surface area (Å²) in [5, 5.41) is 11.6. The summed E-state index contributed by atoms with van der Waals surface area (Å²) in [6.07, 6.45) is 1.63. The van der Waals surface area contributed by atoms with Crippen molar-refractivity contribution in [1.29, 1.82) is 0 Å². The number of nitrogens with zero attached hydrogens (tertiary/aromatic N) is 3. The largest absolute Gasteiger partial charge is 0.409 e. The molecule has 98 valence electrons. The van der Waals surface area contributed by atoms with Crippen molar-refractivity contribution in [3.8, 4) is 0 Å². The number of rotatable bonds is 3. The van der Waals surface area contributed by atoms with Crippen molar-refractivity contribution in [3.63, 3.8) is 0 Å². The van der Waals surface area contributed by atoms with Crippen molar-refractivity contribution in [1.82, 2.24) is 4.98 Å². The smallest absolute Gasteiger partial charge is 0.188 e. The molecule has 2 aromatic rings. The van der Waals surface area contributed by atoms with Gasteiger partial charge in [0.15, 0.2) is 5.84 Å². The minimum atomic E-state index is -0.000781. The molecular formula is C14H16N4O. The number of amidine groups is 1. The van der Waals surface area contributed by atoms with Gasteiger partial charge in [0.1, 0.15) is 5.69 Å². The van der Waals surface area contributed by atoms with E-state index in [4.69, 9.17) is 10.9 Å². The lowest BCUT2D eigenvalue weighted by molar-refractivity contribution is 0.318. The first-order valence-electron chi connectivity index (χ1n) is 5.86. The van der Waals surface area contributed by atoms with Gasteiger partial charge in [0.05, 0.1) is 0 Å². The van der Waals surface area contributed by atoms with Crippen molar-refractivity contribution < 1.29 is 5.21 Å². The lowest BCUT2D eigenvalue weighted by atomic mass is 10.2. The normalized spacial score (nSPS) is 11.4. The van der Waals surface area contributed by atoms with Gasteiger partial charge in [-0.25, -0.2) is 0 Å². The number of aryl methyl sites for hydroxylation is 1. The Morgan fingerprint density at radius 3 is 2.53 bits per heavy atom. The summed E-state index contributed by atoms with van der Waals surface area (Å²) >= 11 is 0. The van der Waals surface area contributed by atoms with Crippen LogP contribution in [0.3, 0.4) is 0 Å². The van der Waals surface area contributed by atoms with E-state index in [1.807, 2.05) is 37.1 Å². The highest BCUT2D eigenvalue weighted by atomic mass is 16.4. The minimum Gasteiger partial charge on any atom is -0.409 e. The van der Waals surface area contributed by atoms with Gasteiger partial charge in [-0.3, -0.25) is 4.98 Å². The summed E-state index contributed by atoms with van der Waals surface area (Å²) in [4.78, 5) is 6.07. The highest BCUT2D eigenvalue weighted by Crippen LogP contribution is 2.23. The zero-order valence-electron chi connectivity index (χ0n) is 10.9. The van der Waals surface area contributed by atoms with Crippen LogP contribution in [-0.2, 0) is 0 Å². The molecule has 0 aliphatic heterocycles. The van der Waals surface area contributed by atoms with Crippen molar-refractivity contribution in [3.05, 3.63) is 53.9 Å². The number of pyridine rings is 1. The third-order valence-corrected chi connectivity index (χ3v) is 2.92. The number of anilines is 2. The molecule has 19 heavy (non-hydrogen) atoms. The van der Waals surface area contributed by atoms with Gasteiger partial charge in [-0.15, -0.1) is 0 Å². The Labute approximate surface area is 112 Å². The summed E-state index contributed by atoms with van der Waals surface area (Å²) < 4.78 is 0. The zero-order chi connectivity index (χ0) is 13.8. The molecule has 1 aromatic heterocycles. The van der Waals surface area contributed by atoms with Crippen LogP contribution >= 0.6 is 0 Å². The molecule has 0 saturated carbocycles. The van der Waals surface area contributed by atoms with Gasteiger partial charge in [0, 0.05) is 24.6 Å². The second-order valence-corrected chi connectivity index (χ2v) is 4.28. The van der Waals surface area contributed by atoms with Gasteiger partial charge in [0.25, 0.3) is 0 Å². The summed E-state index contributed by atoms with van der Waals surface area (Å²) in [6.45, 7) is 2.05. The molecule has 0 aliphatic carbocycles. The molecule has 3 N–H and O–H groups in total. The van der Waals surface area contributed by atoms with E-state index in [1.165, 1.54) is 5.56 Å². The Morgan fingerprint density at radius 1 is 1.21 bits per heavy atom. The quantitative estimate of drug-likeness (QED) is 0.382. The van der Waals surface area contributed by atoms with Crippen LogP contribution in [0.4, 0.5) is 11.4 Å². The molecule has 0 fully saturated rings. The number of benzene rings is 1. The van der Waals surface area contributed by atoms with E-state index in [1.54, 1.807) is 12.3 Å². The Hall–Kier alpha value is -2.56. The van der Waals surface area contributed by atoms with Crippen molar-refractivity contribution in [2.75, 3.05) is 11.9 Å². The van der Waals surface area contributed by atoms with Crippen LogP contribution in [0.25, 0.3) is 0 Å². The van der Waals surface area contributed by atoms with Crippen molar-refractivity contribution in [2.24, 2.45) is 10.9 Å². The summed E-state index contributed by atoms with van der Waals surface area (Å²) in [5.74, 6) is -0.000781. The maximum absolute atomic E-state index is 8.67. The first kappa shape index (κ1) is 12.9. The topological polar surface area (TPSA) is 74.7 Å². The molecule has 0 atom stereocenters. The lowest BCUT2D eigenvalue weighted by Gasteiger charge is -2.20. The van der Waals surface area contributed by atoms with Gasteiger partial charge in [-0.05, 0) is 31.2 Å². The Balaban J connectivity index is 2.33. The Kier molecular flexibility index (Phi) is 3.66. The van der Waals surface area contributed by atoms with Crippen LogP contribution in [-0.4, -0.2) is 23.1 Å². The molecule has 5 nitrogen and oxygen atoms in total. The highest BCUT2D eigenvalue weighted by molar-refractivity contribution is 5.96. The molecule has 0 amide bonds. The highest BCUT2D eigenvalue weighted by Gasteiger charge is 2.07. The fourth-order valence-corrected chi connectivity index (χ4v) is 1.74. The zero-order valence-corrected chi connectivity index (χ0v) is 10.9. The van der Waals surface area contributed by atoms with E-state index in [2.05, 4.69) is 22.3 Å². The van der Waals surface area contributed by atoms with Gasteiger partial charge in [0.2, 0.25) is 0 Å². The van der Waals surface area contributed by atoms with Crippen LogP contribution in [0.5, 0.6) is 0 Å². The summed E-state index contributed by atoms with van der Waals surface area (Å²) in [5.41, 5.74) is 9.17. The number of hydrogen-bond donors (Lipinski definition) is 2. The molecule has 0 unspecified atom stereocenters. The molecule has 1 heterocycles. The first-order chi connectivity index (χ1) is 9.11. The van der Waals surface area contributed by atoms with Gasteiger partial charge < -0.3 is 15.8 Å². The maximum atomic E-state index is 8.67. The predicted octanol–water partition coefficient (Wildman–Crippen LogP) is 2.25. The van der Waals surface area contributed by atoms with E-state index in [9.17, 15) is 0 Å². The molecule has 0 saturated heterocycles. The monoisotopic (exact) mass is 256 g/mol. The lowest BCUT2D eigenvalue weighted by Crippen LogP contribution is -2.16. The fraction of sp³-hybridized carbons (Fsp3) is 0.143. The van der Waals surface area contributed by atoms with Gasteiger partial charge >= 0.3 is 0 Å². The SMILES string of the molecule is Cc1ccc(N(C)c2ccnc(C(N)=NO)c2)cc1. The molecule has 0 radical (unpaired) electrons. The average molecular weight is 256 g/mol. The molecule has 0 bridgehead atoms. The standard InChI is InChI=1S/C14H16N4O/c1-10-3-5-11(6-4-10)18(2)12-7-8-16-13(9-12)14(15)17-19/h3-9,19H,1-2H3,(H2,15,17). The molecule has 5 heteroatoms. The fourth-order valence-electron chi connectivity index (χ4n) is 1.74. The van der Waals surface area contributed by atoms with E-state index < -0.39 is 0 Å². The Morgan fingerprint density at radius 2 is 1.89 bits per heavy atom. The molecule has 0 spiro atoms. The molecule has 2 rings (SSSR count). The third kappa shape index (κ3) is 2.82. The molecule has 1 aromatic carbocycles. The van der Waals surface area contributed by atoms with Crippen LogP contribution in [0, 0.1) is 6.92 Å². The predicted molar refractivity (Wildman–Crippen MR) is 76.0 cm³/mol. The first-order valence-corrected chi connectivity index (χ1v) is 5.86. The number of oxime groups is 1. The molecular weight excluding hydrogens is 240 g/mol. The van der Waals surface area contributed by atoms with E-state index in [0.29, 0.717) is 5.69 Å². The van der Waals surface area contributed by atoms with E-state index in [-0.39, 0.29) is 5.84 Å². The number of hydrogen-bond acceptors (Lipinski definition) is 4. The second kappa shape index (κ2) is 5.39. The van der Waals surface area contributed by atoms with Crippen molar-refractivity contribution in [2.45, 2.75) is 6.92 Å². The van der Waals surface area contributed by atoms with Crippen LogP contribution in [0.1, 0.15) is 11.3 Å². The summed E-state index contributed by atoms with van der Waals surface area (Å²) in [6, 6.07) is 11.8. The van der Waals surface area contributed by atoms with E-state index >= 15 is 0 Å². The maximum Gasteiger partial charge on any atom is 0.188 e. The van der Waals surface area contributed by atoms with E-state index in [0.717, 1.165) is 11.4 Å². The third-order valence-electron chi connectivity index (χ3n) is 2.92. The number of aromatic nitrogens is 1. The number of nitrogens with two attached hydrogens (primary N) is 1. The second-order valence-electron chi connectivity index (χ2n) is 4.28. The minimum absolute atomic E-state index is 0.000781. The Bertz CT molecular complexity index is 593. The average Bonchev–Trinajstić information content (AvgIpc) is 2.46. The van der Waals surface area contributed by atoms with Crippen LogP contribution in [0.15, 0.2) is 47.8 Å². The van der Waals surface area contributed by atoms with Crippen molar-refractivity contribution >= 4 is 17.2 Å². The van der Waals surface area contributed by atoms with Gasteiger partial charge in [-0.1, -0.05) is 22.9 Å². The van der Waals surface area contributed by atoms with Gasteiger partial charge in [-0.2, -0.15) is 0 Å².